The standard InChI is InChI=1S/C9H11ClN2S/c10-4-1-5-13-7-2-3-8(11)9(12)6-7/h1-4,6H,5,11-12H2. The van der Waals surface area contributed by atoms with Gasteiger partial charge < -0.3 is 11.5 Å². The minimum Gasteiger partial charge on any atom is -0.397 e. The lowest BCUT2D eigenvalue weighted by atomic mass is 10.3. The van der Waals surface area contributed by atoms with Gasteiger partial charge in [-0.2, -0.15) is 0 Å². The number of thioether (sulfide) groups is 1. The maximum Gasteiger partial charge on any atom is 0.0559 e. The maximum absolute atomic E-state index is 5.64. The number of rotatable bonds is 3. The van der Waals surface area contributed by atoms with E-state index >= 15 is 0 Å². The minimum atomic E-state index is 0.622. The molecule has 4 heteroatoms. The van der Waals surface area contributed by atoms with Crippen LogP contribution in [-0.2, 0) is 0 Å². The number of hydrogen-bond donors (Lipinski definition) is 2. The van der Waals surface area contributed by atoms with E-state index in [1.165, 1.54) is 5.54 Å². The second kappa shape index (κ2) is 5.04. The molecule has 0 aliphatic carbocycles. The van der Waals surface area contributed by atoms with Crippen LogP contribution in [0.5, 0.6) is 0 Å². The lowest BCUT2D eigenvalue weighted by Crippen LogP contribution is -1.93. The third kappa shape index (κ3) is 3.20. The lowest BCUT2D eigenvalue weighted by molar-refractivity contribution is 1.46. The Balaban J connectivity index is 2.63. The number of hydrogen-bond acceptors (Lipinski definition) is 3. The first-order valence-corrected chi connectivity index (χ1v) is 5.19. The smallest absolute Gasteiger partial charge is 0.0559 e. The molecule has 0 aliphatic heterocycles. The summed E-state index contributed by atoms with van der Waals surface area (Å²) in [6, 6.07) is 5.61. The van der Waals surface area contributed by atoms with Crippen molar-refractivity contribution in [2.75, 3.05) is 17.2 Å². The molecular weight excluding hydrogens is 204 g/mol. The predicted molar refractivity (Wildman–Crippen MR) is 61.0 cm³/mol. The second-order valence-corrected chi connectivity index (χ2v) is 3.81. The monoisotopic (exact) mass is 214 g/mol. The average Bonchev–Trinajstić information content (AvgIpc) is 2.12. The van der Waals surface area contributed by atoms with Crippen molar-refractivity contribution in [2.24, 2.45) is 0 Å². The fraction of sp³-hybridized carbons (Fsp3) is 0.111. The van der Waals surface area contributed by atoms with E-state index in [1.807, 2.05) is 24.3 Å². The Bertz CT molecular complexity index is 312. The van der Waals surface area contributed by atoms with Crippen molar-refractivity contribution in [3.05, 3.63) is 29.8 Å². The van der Waals surface area contributed by atoms with Crippen LogP contribution in [0.4, 0.5) is 11.4 Å². The van der Waals surface area contributed by atoms with Crippen LogP contribution in [0.25, 0.3) is 0 Å². The van der Waals surface area contributed by atoms with Gasteiger partial charge in [0, 0.05) is 16.2 Å². The highest BCUT2D eigenvalue weighted by atomic mass is 35.5. The van der Waals surface area contributed by atoms with Gasteiger partial charge in [-0.1, -0.05) is 17.7 Å². The molecule has 1 rings (SSSR count). The van der Waals surface area contributed by atoms with Crippen molar-refractivity contribution in [3.8, 4) is 0 Å². The van der Waals surface area contributed by atoms with Crippen molar-refractivity contribution < 1.29 is 0 Å². The van der Waals surface area contributed by atoms with Gasteiger partial charge in [0.2, 0.25) is 0 Å². The second-order valence-electron chi connectivity index (χ2n) is 2.46. The van der Waals surface area contributed by atoms with Crippen molar-refractivity contribution in [1.29, 1.82) is 0 Å². The van der Waals surface area contributed by atoms with Gasteiger partial charge in [-0.25, -0.2) is 0 Å². The zero-order valence-electron chi connectivity index (χ0n) is 7.03. The molecule has 0 unspecified atom stereocenters. The first-order chi connectivity index (χ1) is 6.24. The predicted octanol–water partition coefficient (Wildman–Crippen LogP) is 2.70. The lowest BCUT2D eigenvalue weighted by Gasteiger charge is -2.02. The Kier molecular flexibility index (Phi) is 3.99. The first kappa shape index (κ1) is 10.3. The number of nitrogens with two attached hydrogens (primary N) is 2. The van der Waals surface area contributed by atoms with Gasteiger partial charge in [0.1, 0.15) is 0 Å². The Morgan fingerprint density at radius 3 is 2.69 bits per heavy atom. The molecule has 70 valence electrons. The number of benzene rings is 1. The molecule has 1 aromatic rings. The molecule has 0 heterocycles. The van der Waals surface area contributed by atoms with Gasteiger partial charge >= 0.3 is 0 Å². The highest BCUT2D eigenvalue weighted by molar-refractivity contribution is 7.99. The summed E-state index contributed by atoms with van der Waals surface area (Å²) in [5, 5.41) is 0. The summed E-state index contributed by atoms with van der Waals surface area (Å²) in [7, 11) is 0. The molecule has 4 N–H and O–H groups in total. The van der Waals surface area contributed by atoms with Crippen LogP contribution in [0.1, 0.15) is 0 Å². The van der Waals surface area contributed by atoms with E-state index < -0.39 is 0 Å². The van der Waals surface area contributed by atoms with Crippen molar-refractivity contribution in [2.45, 2.75) is 4.90 Å². The number of anilines is 2. The van der Waals surface area contributed by atoms with Crippen molar-refractivity contribution in [3.63, 3.8) is 0 Å². The summed E-state index contributed by atoms with van der Waals surface area (Å²) in [6.07, 6.45) is 1.87. The highest BCUT2D eigenvalue weighted by Crippen LogP contribution is 2.24. The van der Waals surface area contributed by atoms with E-state index in [2.05, 4.69) is 0 Å². The molecule has 0 radical (unpaired) electrons. The SMILES string of the molecule is Nc1ccc(SCC=CCl)cc1N. The fourth-order valence-electron chi connectivity index (χ4n) is 0.823. The van der Waals surface area contributed by atoms with Gasteiger partial charge in [-0.05, 0) is 18.2 Å². The van der Waals surface area contributed by atoms with Crippen molar-refractivity contribution in [1.82, 2.24) is 0 Å². The largest absolute Gasteiger partial charge is 0.397 e. The third-order valence-corrected chi connectivity index (χ3v) is 2.62. The molecule has 0 aromatic heterocycles. The quantitative estimate of drug-likeness (QED) is 0.601. The molecule has 2 nitrogen and oxygen atoms in total. The molecule has 0 atom stereocenters. The maximum atomic E-state index is 5.64. The van der Waals surface area contributed by atoms with Crippen LogP contribution >= 0.6 is 23.4 Å². The molecule has 0 saturated heterocycles. The Labute approximate surface area is 86.9 Å². The molecule has 0 aliphatic rings. The summed E-state index contributed by atoms with van der Waals surface area (Å²) in [5.74, 6) is 0.840. The molecule has 0 saturated carbocycles. The topological polar surface area (TPSA) is 52.0 Å². The molecule has 0 bridgehead atoms. The van der Waals surface area contributed by atoms with Gasteiger partial charge in [-0.15, -0.1) is 11.8 Å². The van der Waals surface area contributed by atoms with Crippen LogP contribution in [-0.4, -0.2) is 5.75 Å². The summed E-state index contributed by atoms with van der Waals surface area (Å²) in [5.41, 5.74) is 14.0. The van der Waals surface area contributed by atoms with Crippen LogP contribution in [0.2, 0.25) is 0 Å². The van der Waals surface area contributed by atoms with E-state index in [9.17, 15) is 0 Å². The van der Waals surface area contributed by atoms with Gasteiger partial charge in [-0.3, -0.25) is 0 Å². The van der Waals surface area contributed by atoms with Gasteiger partial charge in [0.15, 0.2) is 0 Å². The van der Waals surface area contributed by atoms with Crippen LogP contribution in [0.15, 0.2) is 34.7 Å². The zero-order valence-corrected chi connectivity index (χ0v) is 8.61. The number of halogens is 1. The highest BCUT2D eigenvalue weighted by Gasteiger charge is 1.96. The van der Waals surface area contributed by atoms with E-state index in [1.54, 1.807) is 11.8 Å². The van der Waals surface area contributed by atoms with E-state index in [0.29, 0.717) is 11.4 Å². The van der Waals surface area contributed by atoms with Crippen LogP contribution in [0, 0.1) is 0 Å². The fourth-order valence-corrected chi connectivity index (χ4v) is 1.78. The summed E-state index contributed by atoms with van der Waals surface area (Å²) in [4.78, 5) is 1.10. The minimum absolute atomic E-state index is 0.622. The van der Waals surface area contributed by atoms with Gasteiger partial charge in [0.25, 0.3) is 0 Å². The molecular formula is C9H11ClN2S. The molecule has 0 amide bonds. The van der Waals surface area contributed by atoms with E-state index in [-0.39, 0.29) is 0 Å². The zero-order chi connectivity index (χ0) is 9.68. The van der Waals surface area contributed by atoms with Crippen molar-refractivity contribution >= 4 is 34.7 Å². The third-order valence-electron chi connectivity index (χ3n) is 1.49. The Morgan fingerprint density at radius 2 is 2.08 bits per heavy atom. The summed E-state index contributed by atoms with van der Waals surface area (Å²) >= 11 is 7.05. The first-order valence-electron chi connectivity index (χ1n) is 3.77. The molecule has 0 spiro atoms. The normalized spacial score (nSPS) is 10.8. The Hall–Kier alpha value is -0.800. The summed E-state index contributed by atoms with van der Waals surface area (Å²) in [6.45, 7) is 0. The van der Waals surface area contributed by atoms with Gasteiger partial charge in [0.05, 0.1) is 11.4 Å². The van der Waals surface area contributed by atoms with Crippen LogP contribution in [0.3, 0.4) is 0 Å². The van der Waals surface area contributed by atoms with E-state index in [0.717, 1.165) is 10.6 Å². The van der Waals surface area contributed by atoms with E-state index in [4.69, 9.17) is 23.1 Å². The molecule has 1 aromatic carbocycles. The average molecular weight is 215 g/mol. The molecule has 13 heavy (non-hydrogen) atoms. The Morgan fingerprint density at radius 1 is 1.31 bits per heavy atom. The molecule has 0 fully saturated rings. The summed E-state index contributed by atoms with van der Waals surface area (Å²) < 4.78 is 0. The van der Waals surface area contributed by atoms with Crippen LogP contribution < -0.4 is 11.5 Å². The number of nitrogen functional groups attached to an aromatic ring is 2.